The summed E-state index contributed by atoms with van der Waals surface area (Å²) in [5.74, 6) is -1.99. The van der Waals surface area contributed by atoms with Crippen molar-refractivity contribution in [2.45, 2.75) is 51.7 Å². The Kier molecular flexibility index (Phi) is 8.68. The van der Waals surface area contributed by atoms with Gasteiger partial charge in [0.1, 0.15) is 11.6 Å². The van der Waals surface area contributed by atoms with Crippen LogP contribution in [-0.2, 0) is 14.3 Å². The highest BCUT2D eigenvalue weighted by Gasteiger charge is 2.38. The van der Waals surface area contributed by atoms with Crippen molar-refractivity contribution in [2.24, 2.45) is 5.73 Å². The molecule has 0 heterocycles. The molecule has 0 saturated heterocycles. The molecule has 7 nitrogen and oxygen atoms in total. The van der Waals surface area contributed by atoms with E-state index >= 15 is 0 Å². The third kappa shape index (κ3) is 7.62. The van der Waals surface area contributed by atoms with Crippen LogP contribution in [0.3, 0.4) is 0 Å². The Bertz CT molecular complexity index is 668. The maximum Gasteiger partial charge on any atom is 0.418 e. The van der Waals surface area contributed by atoms with E-state index in [0.717, 1.165) is 0 Å². The first-order valence-corrected chi connectivity index (χ1v) is 8.88. The molecule has 0 unspecified atom stereocenters. The van der Waals surface area contributed by atoms with E-state index in [1.54, 1.807) is 51.2 Å². The second-order valence-corrected chi connectivity index (χ2v) is 7.04. The van der Waals surface area contributed by atoms with Crippen molar-refractivity contribution in [3.05, 3.63) is 48.1 Å². The van der Waals surface area contributed by atoms with Crippen LogP contribution in [0, 0.1) is 0 Å². The van der Waals surface area contributed by atoms with Crippen LogP contribution in [0.1, 0.15) is 40.0 Å². The highest BCUT2D eigenvalue weighted by atomic mass is 16.6. The van der Waals surface area contributed by atoms with Gasteiger partial charge in [-0.25, -0.2) is 14.5 Å². The second-order valence-electron chi connectivity index (χ2n) is 7.04. The topological polar surface area (TPSA) is 110 Å². The van der Waals surface area contributed by atoms with E-state index in [9.17, 15) is 19.5 Å². The van der Waals surface area contributed by atoms with Crippen LogP contribution in [0.2, 0.25) is 0 Å². The van der Waals surface area contributed by atoms with Crippen LogP contribution in [-0.4, -0.2) is 46.2 Å². The number of ether oxygens (including phenoxy) is 1. The molecule has 0 bridgehead atoms. The van der Waals surface area contributed by atoms with Gasteiger partial charge in [0.15, 0.2) is 0 Å². The van der Waals surface area contributed by atoms with Crippen molar-refractivity contribution in [3.63, 3.8) is 0 Å². The summed E-state index contributed by atoms with van der Waals surface area (Å²) in [6.07, 6.45) is 11.8. The highest BCUT2D eigenvalue weighted by molar-refractivity contribution is 6.06. The minimum atomic E-state index is -1.34. The number of imide groups is 1. The number of carbonyl (C=O) groups is 3. The molecule has 2 amide bonds. The fraction of sp³-hybridized carbons (Fsp3) is 0.450. The first kappa shape index (κ1) is 22.4. The standard InChI is InChI=1S/C20H28N2O5/c1-20(2,3)27-19(26)22(16(18(24)25)13-9-10-14-21)17(23)15-11-7-5-4-6-8-12-15/h4-8,11-12,16H,9-10,13-14,21H2,1-3H3,(H,24,25)/t16-/m0/s1. The number of amides is 2. The van der Waals surface area contributed by atoms with Crippen molar-refractivity contribution >= 4 is 18.0 Å². The van der Waals surface area contributed by atoms with E-state index in [2.05, 4.69) is 0 Å². The zero-order chi connectivity index (χ0) is 20.4. The van der Waals surface area contributed by atoms with Gasteiger partial charge in [0.25, 0.3) is 5.91 Å². The van der Waals surface area contributed by atoms with Crippen LogP contribution in [0.15, 0.2) is 48.1 Å². The van der Waals surface area contributed by atoms with Crippen molar-refractivity contribution in [1.29, 1.82) is 0 Å². The lowest BCUT2D eigenvalue weighted by Crippen LogP contribution is -2.50. The fourth-order valence-electron chi connectivity index (χ4n) is 2.36. The van der Waals surface area contributed by atoms with Crippen molar-refractivity contribution < 1.29 is 24.2 Å². The lowest BCUT2D eigenvalue weighted by Gasteiger charge is -2.30. The Morgan fingerprint density at radius 3 is 2.33 bits per heavy atom. The number of allylic oxidation sites excluding steroid dienone is 6. The van der Waals surface area contributed by atoms with E-state index in [0.29, 0.717) is 24.3 Å². The van der Waals surface area contributed by atoms with Gasteiger partial charge in [0.2, 0.25) is 0 Å². The summed E-state index contributed by atoms with van der Waals surface area (Å²) in [6.45, 7) is 5.36. The Morgan fingerprint density at radius 2 is 1.74 bits per heavy atom. The van der Waals surface area contributed by atoms with Gasteiger partial charge in [0, 0.05) is 5.57 Å². The molecule has 1 rings (SSSR count). The molecule has 0 spiro atoms. The van der Waals surface area contributed by atoms with Crippen LogP contribution < -0.4 is 5.73 Å². The second kappa shape index (κ2) is 10.5. The molecular formula is C20H28N2O5. The number of hydrogen-bond acceptors (Lipinski definition) is 5. The number of carbonyl (C=O) groups excluding carboxylic acids is 2. The van der Waals surface area contributed by atoms with Gasteiger partial charge in [-0.3, -0.25) is 4.79 Å². The normalized spacial score (nSPS) is 14.7. The Morgan fingerprint density at radius 1 is 1.11 bits per heavy atom. The molecule has 148 valence electrons. The molecule has 3 N–H and O–H groups in total. The maximum atomic E-state index is 13.0. The highest BCUT2D eigenvalue weighted by Crippen LogP contribution is 2.19. The zero-order valence-corrected chi connectivity index (χ0v) is 16.1. The van der Waals surface area contributed by atoms with Gasteiger partial charge in [-0.2, -0.15) is 0 Å². The summed E-state index contributed by atoms with van der Waals surface area (Å²) in [4.78, 5) is 38.2. The molecule has 0 fully saturated rings. The molecule has 1 aliphatic rings. The Balaban J connectivity index is 3.23. The predicted octanol–water partition coefficient (Wildman–Crippen LogP) is 2.94. The van der Waals surface area contributed by atoms with E-state index in [4.69, 9.17) is 10.5 Å². The molecule has 7 heteroatoms. The first-order valence-electron chi connectivity index (χ1n) is 8.88. The number of rotatable bonds is 7. The maximum absolute atomic E-state index is 13.0. The summed E-state index contributed by atoms with van der Waals surface area (Å²) in [5.41, 5.74) is 4.78. The van der Waals surface area contributed by atoms with Gasteiger partial charge >= 0.3 is 12.1 Å². The lowest BCUT2D eigenvalue weighted by atomic mass is 10.1. The first-order chi connectivity index (χ1) is 12.7. The van der Waals surface area contributed by atoms with Crippen molar-refractivity contribution in [1.82, 2.24) is 4.90 Å². The van der Waals surface area contributed by atoms with Crippen molar-refractivity contribution in [3.8, 4) is 0 Å². The smallest absolute Gasteiger partial charge is 0.418 e. The molecule has 1 aliphatic carbocycles. The Hall–Kier alpha value is -2.67. The number of aliphatic carboxylic acids is 1. The number of unbranched alkanes of at least 4 members (excludes halogenated alkanes) is 1. The number of carboxylic acid groups (broad SMARTS) is 1. The van der Waals surface area contributed by atoms with E-state index in [1.807, 2.05) is 0 Å². The SMILES string of the molecule is CC(C)(C)OC(=O)N(C(=O)C1=CC=CC=CC=C1)[C@@H](CCCCN)C(=O)O. The number of carboxylic acids is 1. The predicted molar refractivity (Wildman–Crippen MR) is 103 cm³/mol. The Labute approximate surface area is 159 Å². The van der Waals surface area contributed by atoms with Crippen LogP contribution in [0.25, 0.3) is 0 Å². The summed E-state index contributed by atoms with van der Waals surface area (Å²) in [7, 11) is 0. The van der Waals surface area contributed by atoms with Crippen LogP contribution in [0.5, 0.6) is 0 Å². The van der Waals surface area contributed by atoms with E-state index in [1.165, 1.54) is 12.2 Å². The monoisotopic (exact) mass is 376 g/mol. The average molecular weight is 376 g/mol. The van der Waals surface area contributed by atoms with Gasteiger partial charge in [-0.1, -0.05) is 30.4 Å². The van der Waals surface area contributed by atoms with Gasteiger partial charge < -0.3 is 15.6 Å². The third-order valence-corrected chi connectivity index (χ3v) is 3.58. The van der Waals surface area contributed by atoms with E-state index < -0.39 is 29.6 Å². The molecule has 0 saturated carbocycles. The van der Waals surface area contributed by atoms with Crippen molar-refractivity contribution in [2.75, 3.05) is 6.54 Å². The molecular weight excluding hydrogens is 348 g/mol. The number of nitrogens with zero attached hydrogens (tertiary/aromatic N) is 1. The summed E-state index contributed by atoms with van der Waals surface area (Å²) >= 11 is 0. The van der Waals surface area contributed by atoms with Gasteiger partial charge in [-0.15, -0.1) is 0 Å². The van der Waals surface area contributed by atoms with Gasteiger partial charge in [0.05, 0.1) is 0 Å². The number of hydrogen-bond donors (Lipinski definition) is 2. The van der Waals surface area contributed by atoms with Crippen LogP contribution in [0.4, 0.5) is 4.79 Å². The molecule has 0 radical (unpaired) electrons. The molecule has 0 aliphatic heterocycles. The zero-order valence-electron chi connectivity index (χ0n) is 16.1. The fourth-order valence-corrected chi connectivity index (χ4v) is 2.36. The minimum Gasteiger partial charge on any atom is -0.480 e. The molecule has 0 aromatic carbocycles. The van der Waals surface area contributed by atoms with Crippen LogP contribution >= 0.6 is 0 Å². The third-order valence-electron chi connectivity index (χ3n) is 3.58. The summed E-state index contributed by atoms with van der Waals surface area (Å²) in [6, 6.07) is -1.34. The summed E-state index contributed by atoms with van der Waals surface area (Å²) in [5, 5.41) is 9.64. The average Bonchev–Trinajstić information content (AvgIpc) is 2.51. The summed E-state index contributed by atoms with van der Waals surface area (Å²) < 4.78 is 5.30. The molecule has 27 heavy (non-hydrogen) atoms. The minimum absolute atomic E-state index is 0.101. The van der Waals surface area contributed by atoms with Gasteiger partial charge in [-0.05, 0) is 58.7 Å². The lowest BCUT2D eigenvalue weighted by molar-refractivity contribution is -0.148. The largest absolute Gasteiger partial charge is 0.480 e. The van der Waals surface area contributed by atoms with E-state index in [-0.39, 0.29) is 12.0 Å². The number of nitrogens with two attached hydrogens (primary N) is 1. The molecule has 0 aromatic heterocycles. The quantitative estimate of drug-likeness (QED) is 0.661. The molecule has 1 atom stereocenters. The molecule has 0 aromatic rings.